The molecule has 0 spiro atoms. The van der Waals surface area contributed by atoms with E-state index in [1.165, 1.54) is 25.0 Å². The van der Waals surface area contributed by atoms with E-state index < -0.39 is 0 Å². The van der Waals surface area contributed by atoms with Crippen molar-refractivity contribution >= 4 is 29.1 Å². The number of aromatic nitrogens is 1. The van der Waals surface area contributed by atoms with Gasteiger partial charge in [-0.2, -0.15) is 0 Å². The Morgan fingerprint density at radius 3 is 2.20 bits per heavy atom. The molecule has 0 fully saturated rings. The van der Waals surface area contributed by atoms with E-state index in [2.05, 4.69) is 42.0 Å². The predicted octanol–water partition coefficient (Wildman–Crippen LogP) is 9.18. The van der Waals surface area contributed by atoms with Crippen LogP contribution in [0.3, 0.4) is 0 Å². The van der Waals surface area contributed by atoms with Crippen molar-refractivity contribution in [3.63, 3.8) is 0 Å². The molecule has 4 aromatic rings. The summed E-state index contributed by atoms with van der Waals surface area (Å²) in [5.74, 6) is 0.0591. The van der Waals surface area contributed by atoms with Crippen LogP contribution < -0.4 is 0 Å². The minimum Gasteiger partial charge on any atom is -0.307 e. The highest BCUT2D eigenvalue weighted by atomic mass is 35.5. The monoisotopic (exact) mass is 501 g/mol. The van der Waals surface area contributed by atoms with Gasteiger partial charge in [0.05, 0.1) is 10.6 Å². The molecular weight excluding hydrogens is 470 g/mol. The molecule has 0 aliphatic heterocycles. The summed E-state index contributed by atoms with van der Waals surface area (Å²) in [4.78, 5) is 14.1. The van der Waals surface area contributed by atoms with Gasteiger partial charge in [-0.3, -0.25) is 4.79 Å². The van der Waals surface area contributed by atoms with Crippen LogP contribution in [0, 0.1) is 6.92 Å². The fourth-order valence-corrected chi connectivity index (χ4v) is 5.51. The Hall–Kier alpha value is -2.75. The van der Waals surface area contributed by atoms with Gasteiger partial charge in [-0.15, -0.1) is 11.8 Å². The van der Waals surface area contributed by atoms with Crippen LogP contribution in [0.25, 0.3) is 16.8 Å². The second-order valence-electron chi connectivity index (χ2n) is 8.89. The largest absolute Gasteiger partial charge is 0.307 e. The summed E-state index contributed by atoms with van der Waals surface area (Å²) in [6.07, 6.45) is 7.63. The van der Waals surface area contributed by atoms with Crippen molar-refractivity contribution in [2.75, 3.05) is 6.26 Å². The predicted molar refractivity (Wildman–Crippen MR) is 150 cm³/mol. The Bertz CT molecular complexity index is 1270. The van der Waals surface area contributed by atoms with Crippen molar-refractivity contribution in [2.45, 2.75) is 51.0 Å². The van der Waals surface area contributed by atoms with Crippen LogP contribution in [0.15, 0.2) is 83.9 Å². The zero-order valence-corrected chi connectivity index (χ0v) is 22.3. The quantitative estimate of drug-likeness (QED) is 0.123. The summed E-state index contributed by atoms with van der Waals surface area (Å²) >= 11 is 7.89. The van der Waals surface area contributed by atoms with Crippen molar-refractivity contribution in [3.05, 3.63) is 106 Å². The maximum atomic E-state index is 14.1. The molecule has 1 aromatic heterocycles. The van der Waals surface area contributed by atoms with Gasteiger partial charge >= 0.3 is 0 Å². The first kappa shape index (κ1) is 25.3. The first-order chi connectivity index (χ1) is 17.0. The maximum absolute atomic E-state index is 14.1. The van der Waals surface area contributed by atoms with E-state index in [0.717, 1.165) is 45.8 Å². The minimum absolute atomic E-state index is 0.0591. The maximum Gasteiger partial charge on any atom is 0.196 e. The van der Waals surface area contributed by atoms with Crippen molar-refractivity contribution in [2.24, 2.45) is 0 Å². The number of aryl methyl sites for hydroxylation is 1. The number of hydrogen-bond donors (Lipinski definition) is 0. The summed E-state index contributed by atoms with van der Waals surface area (Å²) in [5, 5.41) is 1.68. The van der Waals surface area contributed by atoms with Crippen LogP contribution in [0.2, 0.25) is 5.02 Å². The molecule has 0 radical (unpaired) electrons. The lowest BCUT2D eigenvalue weighted by Gasteiger charge is -2.14. The Kier molecular flexibility index (Phi) is 8.54. The van der Waals surface area contributed by atoms with Gasteiger partial charge in [0, 0.05) is 27.5 Å². The molecule has 0 N–H and O–H groups in total. The molecule has 3 aromatic carbocycles. The zero-order valence-electron chi connectivity index (χ0n) is 20.7. The number of thioether (sulfide) groups is 1. The van der Waals surface area contributed by atoms with E-state index >= 15 is 0 Å². The van der Waals surface area contributed by atoms with E-state index in [0.29, 0.717) is 10.6 Å². The average molecular weight is 502 g/mol. The summed E-state index contributed by atoms with van der Waals surface area (Å²) < 4.78 is 2.31. The second-order valence-corrected chi connectivity index (χ2v) is 10.1. The molecule has 0 atom stereocenters. The summed E-state index contributed by atoms with van der Waals surface area (Å²) in [6, 6.07) is 26.2. The first-order valence-electron chi connectivity index (χ1n) is 12.3. The van der Waals surface area contributed by atoms with Crippen LogP contribution in [-0.4, -0.2) is 16.6 Å². The number of ketones is 1. The summed E-state index contributed by atoms with van der Waals surface area (Å²) in [5.41, 5.74) is 6.96. The van der Waals surface area contributed by atoms with Crippen LogP contribution in [0.4, 0.5) is 0 Å². The standard InChI is InChI=1S/C31H32ClNOS/c1-4-5-6-10-13-27-28(23-18-20-25(32)21-19-23)29(30(34)24-16-14-22(2)15-17-24)31(35-3)33(27)26-11-8-7-9-12-26/h7-9,11-12,14-21H,4-6,10,13H2,1-3H3. The second kappa shape index (κ2) is 11.8. The lowest BCUT2D eigenvalue weighted by Crippen LogP contribution is -2.05. The molecule has 1 heterocycles. The third-order valence-electron chi connectivity index (χ3n) is 6.37. The highest BCUT2D eigenvalue weighted by Gasteiger charge is 2.29. The van der Waals surface area contributed by atoms with Crippen molar-refractivity contribution in [1.82, 2.24) is 4.57 Å². The van der Waals surface area contributed by atoms with Gasteiger partial charge in [0.2, 0.25) is 0 Å². The van der Waals surface area contributed by atoms with Crippen molar-refractivity contribution < 1.29 is 4.79 Å². The third-order valence-corrected chi connectivity index (χ3v) is 7.40. The number of nitrogens with zero attached hydrogens (tertiary/aromatic N) is 1. The zero-order chi connectivity index (χ0) is 24.8. The molecule has 0 aliphatic rings. The summed E-state index contributed by atoms with van der Waals surface area (Å²) in [7, 11) is 0. The van der Waals surface area contributed by atoms with Crippen LogP contribution in [0.1, 0.15) is 59.8 Å². The minimum atomic E-state index is 0.0591. The topological polar surface area (TPSA) is 22.0 Å². The molecule has 2 nitrogen and oxygen atoms in total. The van der Waals surface area contributed by atoms with E-state index in [1.54, 1.807) is 11.8 Å². The van der Waals surface area contributed by atoms with Gasteiger partial charge in [0.1, 0.15) is 0 Å². The van der Waals surface area contributed by atoms with Gasteiger partial charge in [-0.1, -0.05) is 97.9 Å². The molecule has 0 saturated heterocycles. The molecule has 0 unspecified atom stereocenters. The highest BCUT2D eigenvalue weighted by Crippen LogP contribution is 2.41. The molecule has 0 aliphatic carbocycles. The van der Waals surface area contributed by atoms with E-state index in [-0.39, 0.29) is 5.78 Å². The lowest BCUT2D eigenvalue weighted by molar-refractivity contribution is 0.103. The number of halogens is 1. The molecule has 0 saturated carbocycles. The number of rotatable bonds is 10. The van der Waals surface area contributed by atoms with Crippen molar-refractivity contribution in [1.29, 1.82) is 0 Å². The SMILES string of the molecule is CCCCCCc1c(-c2ccc(Cl)cc2)c(C(=O)c2ccc(C)cc2)c(SC)n1-c1ccccc1. The van der Waals surface area contributed by atoms with Crippen LogP contribution in [0.5, 0.6) is 0 Å². The molecule has 4 rings (SSSR count). The molecule has 4 heteroatoms. The number of benzene rings is 3. The van der Waals surface area contributed by atoms with Gasteiger partial charge in [-0.25, -0.2) is 0 Å². The lowest BCUT2D eigenvalue weighted by atomic mass is 9.94. The normalized spacial score (nSPS) is 11.1. The number of unbranched alkanes of at least 4 members (excludes halogenated alkanes) is 3. The number of carbonyl (C=O) groups is 1. The number of carbonyl (C=O) groups excluding carboxylic acids is 1. The Morgan fingerprint density at radius 2 is 1.57 bits per heavy atom. The molecule has 0 amide bonds. The van der Waals surface area contributed by atoms with Gasteiger partial charge in [-0.05, 0) is 55.9 Å². The Balaban J connectivity index is 2.00. The van der Waals surface area contributed by atoms with Gasteiger partial charge < -0.3 is 4.57 Å². The molecule has 35 heavy (non-hydrogen) atoms. The smallest absolute Gasteiger partial charge is 0.196 e. The van der Waals surface area contributed by atoms with E-state index in [1.807, 2.05) is 61.5 Å². The fraction of sp³-hybridized carbons (Fsp3) is 0.258. The Morgan fingerprint density at radius 1 is 0.886 bits per heavy atom. The molecule has 180 valence electrons. The fourth-order valence-electron chi connectivity index (χ4n) is 4.58. The summed E-state index contributed by atoms with van der Waals surface area (Å²) in [6.45, 7) is 4.27. The Labute approximate surface area is 218 Å². The van der Waals surface area contributed by atoms with Gasteiger partial charge in [0.15, 0.2) is 5.78 Å². The van der Waals surface area contributed by atoms with E-state index in [4.69, 9.17) is 11.6 Å². The first-order valence-corrected chi connectivity index (χ1v) is 13.9. The van der Waals surface area contributed by atoms with Crippen LogP contribution >= 0.6 is 23.4 Å². The van der Waals surface area contributed by atoms with E-state index in [9.17, 15) is 4.79 Å². The highest BCUT2D eigenvalue weighted by molar-refractivity contribution is 7.98. The average Bonchev–Trinajstić information content (AvgIpc) is 3.21. The number of hydrogen-bond acceptors (Lipinski definition) is 2. The molecular formula is C31H32ClNOS. The number of para-hydroxylation sites is 1. The van der Waals surface area contributed by atoms with Crippen LogP contribution in [-0.2, 0) is 6.42 Å². The van der Waals surface area contributed by atoms with Crippen molar-refractivity contribution in [3.8, 4) is 16.8 Å². The molecule has 0 bridgehead atoms. The third kappa shape index (κ3) is 5.58. The van der Waals surface area contributed by atoms with Gasteiger partial charge in [0.25, 0.3) is 0 Å².